The molecule has 0 aliphatic rings. The van der Waals surface area contributed by atoms with Crippen LogP contribution in [0.25, 0.3) is 0 Å². The average molecular weight is 350 g/mol. The van der Waals surface area contributed by atoms with Gasteiger partial charge in [0.1, 0.15) is 12.6 Å². The zero-order valence-corrected chi connectivity index (χ0v) is 15.5. The molecule has 1 atom stereocenters. The predicted molar refractivity (Wildman–Crippen MR) is 92.8 cm³/mol. The van der Waals surface area contributed by atoms with E-state index in [9.17, 15) is 9.59 Å². The molecule has 0 aromatic carbocycles. The molecule has 1 unspecified atom stereocenters. The van der Waals surface area contributed by atoms with Crippen LogP contribution in [0.4, 0.5) is 4.79 Å². The second kappa shape index (κ2) is 14.6. The van der Waals surface area contributed by atoms with Crippen LogP contribution in [0.15, 0.2) is 0 Å². The number of hydrogen-bond donors (Lipinski definition) is 1. The highest BCUT2D eigenvalue weighted by Crippen LogP contribution is 2.09. The topological polar surface area (TPSA) is 64.6 Å². The quantitative estimate of drug-likeness (QED) is 0.306. The van der Waals surface area contributed by atoms with Crippen molar-refractivity contribution in [1.82, 2.24) is 5.32 Å². The molecule has 0 aromatic heterocycles. The van der Waals surface area contributed by atoms with Crippen molar-refractivity contribution >= 4 is 23.7 Å². The lowest BCUT2D eigenvalue weighted by Gasteiger charge is -2.19. The Morgan fingerprint density at radius 2 is 1.65 bits per heavy atom. The van der Waals surface area contributed by atoms with Crippen molar-refractivity contribution in [2.24, 2.45) is 5.92 Å². The maximum Gasteiger partial charge on any atom is 0.407 e. The molecule has 6 heteroatoms. The molecule has 0 aromatic rings. The van der Waals surface area contributed by atoms with Gasteiger partial charge >= 0.3 is 12.1 Å². The lowest BCUT2D eigenvalue weighted by molar-refractivity contribution is -0.146. The summed E-state index contributed by atoms with van der Waals surface area (Å²) in [6.45, 7) is 6.67. The van der Waals surface area contributed by atoms with E-state index in [2.05, 4.69) is 12.2 Å². The highest BCUT2D eigenvalue weighted by Gasteiger charge is 2.23. The van der Waals surface area contributed by atoms with E-state index in [0.717, 1.165) is 12.8 Å². The number of carbonyl (C=O) groups is 2. The van der Waals surface area contributed by atoms with E-state index in [0.29, 0.717) is 13.0 Å². The van der Waals surface area contributed by atoms with Crippen molar-refractivity contribution in [3.05, 3.63) is 0 Å². The fourth-order valence-corrected chi connectivity index (χ4v) is 2.23. The smallest absolute Gasteiger partial charge is 0.407 e. The number of halogens is 1. The fourth-order valence-electron chi connectivity index (χ4n) is 2.16. The van der Waals surface area contributed by atoms with Gasteiger partial charge in [-0.3, -0.25) is 0 Å². The van der Waals surface area contributed by atoms with Gasteiger partial charge in [0.2, 0.25) is 0 Å². The maximum absolute atomic E-state index is 12.1. The lowest BCUT2D eigenvalue weighted by atomic mass is 10.0. The summed E-state index contributed by atoms with van der Waals surface area (Å²) in [5, 5.41) is 2.56. The van der Waals surface area contributed by atoms with E-state index in [1.165, 1.54) is 25.7 Å². The highest BCUT2D eigenvalue weighted by molar-refractivity contribution is 6.18. The molecule has 1 amide bonds. The third-order valence-corrected chi connectivity index (χ3v) is 3.49. The zero-order valence-electron chi connectivity index (χ0n) is 14.7. The highest BCUT2D eigenvalue weighted by atomic mass is 35.5. The molecule has 0 bridgehead atoms. The maximum atomic E-state index is 12.1. The monoisotopic (exact) mass is 349 g/mol. The van der Waals surface area contributed by atoms with Gasteiger partial charge in [0, 0.05) is 0 Å². The molecular weight excluding hydrogens is 318 g/mol. The average Bonchev–Trinajstić information content (AvgIpc) is 2.50. The number of nitrogens with one attached hydrogen (secondary N) is 1. The first-order valence-corrected chi connectivity index (χ1v) is 9.20. The molecule has 0 heterocycles. The lowest BCUT2D eigenvalue weighted by Crippen LogP contribution is -2.43. The molecule has 0 spiro atoms. The number of esters is 1. The largest absolute Gasteiger partial charge is 0.464 e. The van der Waals surface area contributed by atoms with Crippen molar-refractivity contribution in [2.45, 2.75) is 71.8 Å². The standard InChI is InChI=1S/C17H32ClNO4/c1-4-5-6-7-8-9-11-22-16(20)15(13-14(2)3)19-17(21)23-12-10-18/h14-15H,4-13H2,1-3H3,(H,19,21). The van der Waals surface area contributed by atoms with E-state index >= 15 is 0 Å². The van der Waals surface area contributed by atoms with Crippen molar-refractivity contribution in [3.8, 4) is 0 Å². The van der Waals surface area contributed by atoms with Gasteiger partial charge < -0.3 is 14.8 Å². The molecular formula is C17H32ClNO4. The van der Waals surface area contributed by atoms with Crippen LogP contribution in [0, 0.1) is 5.92 Å². The molecule has 0 aliphatic carbocycles. The first-order chi connectivity index (χ1) is 11.0. The van der Waals surface area contributed by atoms with Gasteiger partial charge in [0.05, 0.1) is 12.5 Å². The first kappa shape index (κ1) is 22.0. The molecule has 136 valence electrons. The molecule has 5 nitrogen and oxygen atoms in total. The number of amides is 1. The minimum Gasteiger partial charge on any atom is -0.464 e. The van der Waals surface area contributed by atoms with Gasteiger partial charge in [0.25, 0.3) is 0 Å². The van der Waals surface area contributed by atoms with E-state index in [-0.39, 0.29) is 18.4 Å². The van der Waals surface area contributed by atoms with Crippen LogP contribution < -0.4 is 5.32 Å². The SMILES string of the molecule is CCCCCCCCOC(=O)C(CC(C)C)NC(=O)OCCCl. The van der Waals surface area contributed by atoms with Crippen LogP contribution >= 0.6 is 11.6 Å². The Balaban J connectivity index is 4.07. The third kappa shape index (κ3) is 13.2. The molecule has 0 rings (SSSR count). The number of unbranched alkanes of at least 4 members (excludes halogenated alkanes) is 5. The van der Waals surface area contributed by atoms with Crippen LogP contribution in [-0.2, 0) is 14.3 Å². The summed E-state index contributed by atoms with van der Waals surface area (Å²) in [4.78, 5) is 23.7. The number of hydrogen-bond acceptors (Lipinski definition) is 4. The molecule has 23 heavy (non-hydrogen) atoms. The van der Waals surface area contributed by atoms with Gasteiger partial charge in [-0.2, -0.15) is 0 Å². The van der Waals surface area contributed by atoms with Crippen LogP contribution in [0.2, 0.25) is 0 Å². The van der Waals surface area contributed by atoms with Crippen molar-refractivity contribution in [1.29, 1.82) is 0 Å². The molecule has 0 saturated carbocycles. The van der Waals surface area contributed by atoms with Crippen LogP contribution in [0.3, 0.4) is 0 Å². The van der Waals surface area contributed by atoms with Gasteiger partial charge in [-0.05, 0) is 18.8 Å². The number of rotatable bonds is 13. The van der Waals surface area contributed by atoms with Crippen LogP contribution in [0.1, 0.15) is 65.7 Å². The fraction of sp³-hybridized carbons (Fsp3) is 0.882. The Labute approximate surface area is 145 Å². The normalized spacial score (nSPS) is 12.0. The van der Waals surface area contributed by atoms with Crippen LogP contribution in [-0.4, -0.2) is 37.2 Å². The second-order valence-corrected chi connectivity index (χ2v) is 6.46. The summed E-state index contributed by atoms with van der Waals surface area (Å²) in [7, 11) is 0. The Morgan fingerprint density at radius 3 is 2.26 bits per heavy atom. The van der Waals surface area contributed by atoms with Crippen molar-refractivity contribution < 1.29 is 19.1 Å². The molecule has 0 radical (unpaired) electrons. The minimum absolute atomic E-state index is 0.120. The predicted octanol–water partition coefficient (Wildman–Crippen LogP) is 4.27. The number of alkyl carbamates (subject to hydrolysis) is 1. The Hall–Kier alpha value is -0.970. The Morgan fingerprint density at radius 1 is 1.00 bits per heavy atom. The van der Waals surface area contributed by atoms with Gasteiger partial charge in [0.15, 0.2) is 0 Å². The van der Waals surface area contributed by atoms with E-state index in [1.54, 1.807) is 0 Å². The zero-order chi connectivity index (χ0) is 17.5. The second-order valence-electron chi connectivity index (χ2n) is 6.09. The first-order valence-electron chi connectivity index (χ1n) is 8.67. The van der Waals surface area contributed by atoms with Gasteiger partial charge in [-0.1, -0.05) is 52.9 Å². The Kier molecular flexibility index (Phi) is 14.0. The molecule has 1 N–H and O–H groups in total. The van der Waals surface area contributed by atoms with Gasteiger partial charge in [-0.15, -0.1) is 11.6 Å². The number of ether oxygens (including phenoxy) is 2. The van der Waals surface area contributed by atoms with E-state index < -0.39 is 18.1 Å². The van der Waals surface area contributed by atoms with Gasteiger partial charge in [-0.25, -0.2) is 9.59 Å². The van der Waals surface area contributed by atoms with Crippen molar-refractivity contribution in [3.63, 3.8) is 0 Å². The van der Waals surface area contributed by atoms with E-state index in [4.69, 9.17) is 21.1 Å². The third-order valence-electron chi connectivity index (χ3n) is 3.34. The summed E-state index contributed by atoms with van der Waals surface area (Å²) in [6, 6.07) is -0.669. The Bertz CT molecular complexity index is 324. The minimum atomic E-state index is -0.669. The summed E-state index contributed by atoms with van der Waals surface area (Å²) in [5.41, 5.74) is 0. The summed E-state index contributed by atoms with van der Waals surface area (Å²) in [6.07, 6.45) is 6.69. The number of carbonyl (C=O) groups excluding carboxylic acids is 2. The van der Waals surface area contributed by atoms with Crippen molar-refractivity contribution in [2.75, 3.05) is 19.1 Å². The summed E-state index contributed by atoms with van der Waals surface area (Å²) >= 11 is 5.46. The molecule has 0 saturated heterocycles. The summed E-state index contributed by atoms with van der Waals surface area (Å²) < 4.78 is 10.1. The molecule has 0 fully saturated rings. The molecule has 0 aliphatic heterocycles. The van der Waals surface area contributed by atoms with E-state index in [1.807, 2.05) is 13.8 Å². The summed E-state index contributed by atoms with van der Waals surface area (Å²) in [5.74, 6) is 0.0927. The number of alkyl halides is 1. The van der Waals surface area contributed by atoms with Crippen LogP contribution in [0.5, 0.6) is 0 Å².